The van der Waals surface area contributed by atoms with Crippen LogP contribution < -0.4 is 5.32 Å². The van der Waals surface area contributed by atoms with Gasteiger partial charge in [0, 0.05) is 6.04 Å². The van der Waals surface area contributed by atoms with Crippen molar-refractivity contribution in [3.05, 3.63) is 10.6 Å². The van der Waals surface area contributed by atoms with Crippen LogP contribution in [0.4, 0.5) is 0 Å². The number of aromatic nitrogens is 2. The van der Waals surface area contributed by atoms with Crippen LogP contribution in [0.25, 0.3) is 0 Å². The predicted octanol–water partition coefficient (Wildman–Crippen LogP) is 2.55. The molecule has 1 rings (SSSR count). The molecule has 0 aromatic carbocycles. The van der Waals surface area contributed by atoms with Crippen molar-refractivity contribution in [1.29, 1.82) is 0 Å². The summed E-state index contributed by atoms with van der Waals surface area (Å²) in [7, 11) is 0. The van der Waals surface area contributed by atoms with Crippen molar-refractivity contribution in [3.8, 4) is 0 Å². The highest BCUT2D eigenvalue weighted by Crippen LogP contribution is 2.23. The Morgan fingerprint density at radius 1 is 1.36 bits per heavy atom. The van der Waals surface area contributed by atoms with Gasteiger partial charge in [-0.05, 0) is 37.3 Å². The molecular weight excluding hydrogens is 194 g/mol. The third-order valence-electron chi connectivity index (χ3n) is 2.29. The molecule has 0 saturated heterocycles. The maximum absolute atomic E-state index is 4.14. The highest BCUT2D eigenvalue weighted by atomic mass is 32.1. The second-order valence-electron chi connectivity index (χ2n) is 3.35. The molecule has 80 valence electrons. The van der Waals surface area contributed by atoms with Gasteiger partial charge >= 0.3 is 0 Å². The van der Waals surface area contributed by atoms with Gasteiger partial charge < -0.3 is 5.32 Å². The van der Waals surface area contributed by atoms with E-state index in [0.717, 1.165) is 25.1 Å². The van der Waals surface area contributed by atoms with Gasteiger partial charge in [0.05, 0.1) is 10.6 Å². The topological polar surface area (TPSA) is 37.8 Å². The molecule has 0 bridgehead atoms. The van der Waals surface area contributed by atoms with E-state index >= 15 is 0 Å². The first-order valence-electron chi connectivity index (χ1n) is 5.37. The third-order valence-corrected chi connectivity index (χ3v) is 3.17. The van der Waals surface area contributed by atoms with Crippen molar-refractivity contribution < 1.29 is 0 Å². The maximum Gasteiger partial charge on any atom is 0.0800 e. The van der Waals surface area contributed by atoms with Gasteiger partial charge in [0.1, 0.15) is 0 Å². The molecule has 0 fully saturated rings. The molecule has 1 unspecified atom stereocenters. The van der Waals surface area contributed by atoms with Crippen LogP contribution in [0.5, 0.6) is 0 Å². The lowest BCUT2D eigenvalue weighted by Gasteiger charge is -2.14. The minimum absolute atomic E-state index is 0.449. The van der Waals surface area contributed by atoms with Crippen molar-refractivity contribution in [2.75, 3.05) is 6.54 Å². The van der Waals surface area contributed by atoms with E-state index in [1.54, 1.807) is 0 Å². The lowest BCUT2D eigenvalue weighted by molar-refractivity contribution is 0.521. The molecule has 1 aromatic rings. The fourth-order valence-electron chi connectivity index (χ4n) is 1.47. The van der Waals surface area contributed by atoms with Gasteiger partial charge in [-0.1, -0.05) is 25.3 Å². The minimum Gasteiger partial charge on any atom is -0.309 e. The molecule has 1 atom stereocenters. The maximum atomic E-state index is 4.14. The van der Waals surface area contributed by atoms with Crippen molar-refractivity contribution in [2.45, 2.75) is 46.1 Å². The van der Waals surface area contributed by atoms with E-state index in [4.69, 9.17) is 0 Å². The van der Waals surface area contributed by atoms with Crippen LogP contribution in [0.15, 0.2) is 0 Å². The molecule has 0 aliphatic heterocycles. The Labute approximate surface area is 90.1 Å². The van der Waals surface area contributed by atoms with E-state index in [0.29, 0.717) is 6.04 Å². The Balaban J connectivity index is 2.67. The Bertz CT molecular complexity index is 260. The molecule has 14 heavy (non-hydrogen) atoms. The number of hydrogen-bond donors (Lipinski definition) is 1. The zero-order chi connectivity index (χ0) is 10.4. The van der Waals surface area contributed by atoms with Crippen LogP contribution >= 0.6 is 11.5 Å². The van der Waals surface area contributed by atoms with Crippen LogP contribution in [0.3, 0.4) is 0 Å². The first-order valence-corrected chi connectivity index (χ1v) is 6.15. The molecular formula is C10H19N3S. The quantitative estimate of drug-likeness (QED) is 0.789. The van der Waals surface area contributed by atoms with E-state index in [1.807, 2.05) is 0 Å². The Morgan fingerprint density at radius 2 is 2.14 bits per heavy atom. The number of nitrogens with one attached hydrogen (secondary N) is 1. The van der Waals surface area contributed by atoms with E-state index in [-0.39, 0.29) is 0 Å². The first-order chi connectivity index (χ1) is 6.83. The largest absolute Gasteiger partial charge is 0.309 e. The van der Waals surface area contributed by atoms with Crippen molar-refractivity contribution >= 4 is 11.5 Å². The molecule has 3 nitrogen and oxygen atoms in total. The zero-order valence-electron chi connectivity index (χ0n) is 9.21. The summed E-state index contributed by atoms with van der Waals surface area (Å²) in [6, 6.07) is 0.449. The summed E-state index contributed by atoms with van der Waals surface area (Å²) in [6.45, 7) is 7.59. The van der Waals surface area contributed by atoms with Crippen molar-refractivity contribution in [3.63, 3.8) is 0 Å². The zero-order valence-corrected chi connectivity index (χ0v) is 10.0. The fraction of sp³-hybridized carbons (Fsp3) is 0.800. The average molecular weight is 213 g/mol. The lowest BCUT2D eigenvalue weighted by Crippen LogP contribution is -2.21. The second kappa shape index (κ2) is 6.09. The normalized spacial score (nSPS) is 13.1. The van der Waals surface area contributed by atoms with Crippen LogP contribution in [0, 0.1) is 0 Å². The summed E-state index contributed by atoms with van der Waals surface area (Å²) in [5.74, 6) is 0. The van der Waals surface area contributed by atoms with Gasteiger partial charge in [-0.3, -0.25) is 0 Å². The average Bonchev–Trinajstić information content (AvgIpc) is 2.67. The SMILES string of the molecule is CCCNC(CC)c1snnc1CC. The van der Waals surface area contributed by atoms with Gasteiger partial charge in [-0.25, -0.2) is 0 Å². The highest BCUT2D eigenvalue weighted by molar-refractivity contribution is 7.05. The Morgan fingerprint density at radius 3 is 2.71 bits per heavy atom. The monoisotopic (exact) mass is 213 g/mol. The van der Waals surface area contributed by atoms with Gasteiger partial charge in [0.25, 0.3) is 0 Å². The summed E-state index contributed by atoms with van der Waals surface area (Å²) in [5, 5.41) is 7.67. The van der Waals surface area contributed by atoms with E-state index in [9.17, 15) is 0 Å². The van der Waals surface area contributed by atoms with Gasteiger partial charge in [0.15, 0.2) is 0 Å². The van der Waals surface area contributed by atoms with E-state index in [1.165, 1.54) is 22.8 Å². The lowest BCUT2D eigenvalue weighted by atomic mass is 10.1. The molecule has 0 amide bonds. The van der Waals surface area contributed by atoms with Crippen molar-refractivity contribution in [1.82, 2.24) is 14.9 Å². The van der Waals surface area contributed by atoms with E-state index in [2.05, 4.69) is 35.7 Å². The summed E-state index contributed by atoms with van der Waals surface area (Å²) >= 11 is 1.53. The van der Waals surface area contributed by atoms with Crippen LogP contribution in [0.2, 0.25) is 0 Å². The van der Waals surface area contributed by atoms with Gasteiger partial charge in [-0.2, -0.15) is 0 Å². The molecule has 0 spiro atoms. The highest BCUT2D eigenvalue weighted by Gasteiger charge is 2.15. The third kappa shape index (κ3) is 2.75. The molecule has 1 aromatic heterocycles. The summed E-state index contributed by atoms with van der Waals surface area (Å²) in [6.07, 6.45) is 3.26. The number of hydrogen-bond acceptors (Lipinski definition) is 4. The fourth-order valence-corrected chi connectivity index (χ4v) is 2.36. The molecule has 1 N–H and O–H groups in total. The Hall–Kier alpha value is -0.480. The van der Waals surface area contributed by atoms with Gasteiger partial charge in [-0.15, -0.1) is 5.10 Å². The predicted molar refractivity (Wildman–Crippen MR) is 60.6 cm³/mol. The number of nitrogens with zero attached hydrogens (tertiary/aromatic N) is 2. The molecule has 4 heteroatoms. The summed E-state index contributed by atoms with van der Waals surface area (Å²) < 4.78 is 4.02. The molecule has 0 radical (unpaired) electrons. The van der Waals surface area contributed by atoms with Crippen molar-refractivity contribution in [2.24, 2.45) is 0 Å². The smallest absolute Gasteiger partial charge is 0.0800 e. The molecule has 0 saturated carbocycles. The summed E-state index contributed by atoms with van der Waals surface area (Å²) in [5.41, 5.74) is 1.16. The summed E-state index contributed by atoms with van der Waals surface area (Å²) in [4.78, 5) is 1.32. The number of aryl methyl sites for hydroxylation is 1. The standard InChI is InChI=1S/C10H19N3S/c1-4-7-11-8(5-2)10-9(6-3)12-13-14-10/h8,11H,4-7H2,1-3H3. The van der Waals surface area contributed by atoms with Crippen LogP contribution in [-0.2, 0) is 6.42 Å². The van der Waals surface area contributed by atoms with E-state index < -0.39 is 0 Å². The minimum atomic E-state index is 0.449. The number of rotatable bonds is 6. The molecule has 0 aliphatic carbocycles. The Kier molecular flexibility index (Phi) is 5.04. The molecule has 1 heterocycles. The van der Waals surface area contributed by atoms with Gasteiger partial charge in [0.2, 0.25) is 0 Å². The van der Waals surface area contributed by atoms with Crippen LogP contribution in [-0.4, -0.2) is 16.1 Å². The molecule has 0 aliphatic rings. The first kappa shape index (κ1) is 11.6. The van der Waals surface area contributed by atoms with Crippen LogP contribution in [0.1, 0.15) is 50.2 Å². The second-order valence-corrected chi connectivity index (χ2v) is 4.14.